The van der Waals surface area contributed by atoms with Crippen molar-refractivity contribution in [1.82, 2.24) is 14.7 Å². The van der Waals surface area contributed by atoms with Crippen LogP contribution >= 0.6 is 0 Å². The molecule has 0 N–H and O–H groups in total. The van der Waals surface area contributed by atoms with E-state index in [4.69, 9.17) is 4.74 Å². The third-order valence-corrected chi connectivity index (χ3v) is 5.60. The predicted octanol–water partition coefficient (Wildman–Crippen LogP) is 3.40. The van der Waals surface area contributed by atoms with Gasteiger partial charge >= 0.3 is 0 Å². The number of piperidine rings is 1. The highest BCUT2D eigenvalue weighted by Gasteiger charge is 2.26. The van der Waals surface area contributed by atoms with Crippen molar-refractivity contribution >= 4 is 5.91 Å². The quantitative estimate of drug-likeness (QED) is 0.793. The second-order valence-corrected chi connectivity index (χ2v) is 8.90. The molecule has 0 unspecified atom stereocenters. The molecule has 0 radical (unpaired) electrons. The fraction of sp³-hybridized carbons (Fsp3) is 0.522. The number of likely N-dealkylation sites (tertiary alicyclic amines) is 1. The summed E-state index contributed by atoms with van der Waals surface area (Å²) in [7, 11) is 0. The average Bonchev–Trinajstić information content (AvgIpc) is 2.68. The minimum Gasteiger partial charge on any atom is -0.484 e. The molecule has 2 aromatic rings. The van der Waals surface area contributed by atoms with Gasteiger partial charge in [0, 0.05) is 24.6 Å². The number of hydrogen-bond donors (Lipinski definition) is 0. The fourth-order valence-corrected chi connectivity index (χ4v) is 3.49. The highest BCUT2D eigenvalue weighted by molar-refractivity contribution is 5.77. The van der Waals surface area contributed by atoms with Gasteiger partial charge in [-0.1, -0.05) is 26.8 Å². The molecule has 156 valence electrons. The van der Waals surface area contributed by atoms with Crippen molar-refractivity contribution < 1.29 is 9.53 Å². The third-order valence-electron chi connectivity index (χ3n) is 5.60. The maximum absolute atomic E-state index is 12.5. The van der Waals surface area contributed by atoms with Crippen molar-refractivity contribution in [2.45, 2.75) is 58.9 Å². The molecule has 2 heterocycles. The largest absolute Gasteiger partial charge is 0.484 e. The smallest absolute Gasteiger partial charge is 0.267 e. The zero-order valence-corrected chi connectivity index (χ0v) is 18.1. The lowest BCUT2D eigenvalue weighted by molar-refractivity contribution is -0.134. The molecule has 1 fully saturated rings. The molecule has 3 rings (SSSR count). The lowest BCUT2D eigenvalue weighted by Crippen LogP contribution is -2.43. The lowest BCUT2D eigenvalue weighted by Gasteiger charge is -2.32. The zero-order chi connectivity index (χ0) is 21.2. The van der Waals surface area contributed by atoms with Gasteiger partial charge < -0.3 is 9.64 Å². The number of benzene rings is 1. The second-order valence-electron chi connectivity index (χ2n) is 8.90. The molecule has 0 bridgehead atoms. The first kappa shape index (κ1) is 21.1. The van der Waals surface area contributed by atoms with Crippen LogP contribution in [0.2, 0.25) is 0 Å². The first-order valence-corrected chi connectivity index (χ1v) is 10.2. The van der Waals surface area contributed by atoms with Crippen molar-refractivity contribution in [2.75, 3.05) is 19.7 Å². The molecule has 6 nitrogen and oxygen atoms in total. The molecule has 0 aliphatic carbocycles. The van der Waals surface area contributed by atoms with Crippen LogP contribution in [0.5, 0.6) is 5.75 Å². The number of hydrogen-bond acceptors (Lipinski definition) is 4. The summed E-state index contributed by atoms with van der Waals surface area (Å²) >= 11 is 0. The Morgan fingerprint density at radius 2 is 1.79 bits per heavy atom. The number of rotatable bonds is 4. The van der Waals surface area contributed by atoms with Crippen molar-refractivity contribution in [2.24, 2.45) is 0 Å². The molecule has 0 spiro atoms. The Bertz CT molecular complexity index is 935. The molecular weight excluding hydrogens is 366 g/mol. The van der Waals surface area contributed by atoms with Gasteiger partial charge in [0.05, 0.1) is 11.7 Å². The van der Waals surface area contributed by atoms with Crippen LogP contribution in [0.1, 0.15) is 56.5 Å². The van der Waals surface area contributed by atoms with E-state index in [1.807, 2.05) is 43.0 Å². The van der Waals surface area contributed by atoms with Gasteiger partial charge in [-0.2, -0.15) is 5.10 Å². The van der Waals surface area contributed by atoms with E-state index in [0.717, 1.165) is 24.1 Å². The molecule has 1 aliphatic rings. The summed E-state index contributed by atoms with van der Waals surface area (Å²) in [6, 6.07) is 9.27. The van der Waals surface area contributed by atoms with Gasteiger partial charge in [-0.3, -0.25) is 9.59 Å². The van der Waals surface area contributed by atoms with E-state index in [9.17, 15) is 9.59 Å². The summed E-state index contributed by atoms with van der Waals surface area (Å²) in [6.45, 7) is 11.6. The number of carbonyl (C=O) groups excluding carboxylic acids is 1. The van der Waals surface area contributed by atoms with Crippen molar-refractivity contribution in [3.05, 3.63) is 57.5 Å². The SMILES string of the molecule is Cc1ccc(OCC(=O)N2CCC(n3nc(C(C)(C)C)ccc3=O)CC2)cc1C. The van der Waals surface area contributed by atoms with Gasteiger partial charge in [0.1, 0.15) is 5.75 Å². The molecule has 1 saturated heterocycles. The highest BCUT2D eigenvalue weighted by atomic mass is 16.5. The van der Waals surface area contributed by atoms with Gasteiger partial charge in [-0.25, -0.2) is 4.68 Å². The summed E-state index contributed by atoms with van der Waals surface area (Å²) in [5, 5.41) is 4.60. The van der Waals surface area contributed by atoms with E-state index in [1.54, 1.807) is 10.7 Å². The fourth-order valence-electron chi connectivity index (χ4n) is 3.49. The molecule has 1 aliphatic heterocycles. The van der Waals surface area contributed by atoms with Crippen LogP contribution in [-0.2, 0) is 10.2 Å². The van der Waals surface area contributed by atoms with E-state index in [1.165, 1.54) is 5.56 Å². The van der Waals surface area contributed by atoms with E-state index in [0.29, 0.717) is 18.8 Å². The maximum Gasteiger partial charge on any atom is 0.267 e. The molecule has 0 atom stereocenters. The zero-order valence-electron chi connectivity index (χ0n) is 18.1. The van der Waals surface area contributed by atoms with Crippen molar-refractivity contribution in [1.29, 1.82) is 0 Å². The summed E-state index contributed by atoms with van der Waals surface area (Å²) in [4.78, 5) is 26.7. The van der Waals surface area contributed by atoms with E-state index < -0.39 is 0 Å². The van der Waals surface area contributed by atoms with Crippen LogP contribution in [0.15, 0.2) is 35.1 Å². The summed E-state index contributed by atoms with van der Waals surface area (Å²) in [6.07, 6.45) is 1.44. The first-order chi connectivity index (χ1) is 13.6. The number of nitrogens with zero attached hydrogens (tertiary/aromatic N) is 3. The number of aromatic nitrogens is 2. The number of amides is 1. The van der Waals surface area contributed by atoms with Gasteiger partial charge in [-0.15, -0.1) is 0 Å². The summed E-state index contributed by atoms with van der Waals surface area (Å²) in [5.74, 6) is 0.691. The Balaban J connectivity index is 1.58. The number of aryl methyl sites for hydroxylation is 2. The van der Waals surface area contributed by atoms with Crippen LogP contribution in [0.3, 0.4) is 0 Å². The standard InChI is InChI=1S/C23H31N3O3/c1-16-6-7-19(14-17(16)2)29-15-22(28)25-12-10-18(11-13-25)26-21(27)9-8-20(24-26)23(3,4)5/h6-9,14,18H,10-13,15H2,1-5H3. The van der Waals surface area contributed by atoms with Crippen LogP contribution in [0.25, 0.3) is 0 Å². The Morgan fingerprint density at radius 3 is 2.41 bits per heavy atom. The Hall–Kier alpha value is -2.63. The number of ether oxygens (including phenoxy) is 1. The van der Waals surface area contributed by atoms with E-state index in [-0.39, 0.29) is 29.5 Å². The molecule has 0 saturated carbocycles. The minimum atomic E-state index is -0.113. The van der Waals surface area contributed by atoms with Gasteiger partial charge in [-0.05, 0) is 56.0 Å². The Morgan fingerprint density at radius 1 is 1.10 bits per heavy atom. The second kappa shape index (κ2) is 8.39. The van der Waals surface area contributed by atoms with Gasteiger partial charge in [0.15, 0.2) is 6.61 Å². The first-order valence-electron chi connectivity index (χ1n) is 10.2. The van der Waals surface area contributed by atoms with Crippen LogP contribution in [-0.4, -0.2) is 40.3 Å². The molecule has 1 amide bonds. The summed E-state index contributed by atoms with van der Waals surface area (Å²) < 4.78 is 7.29. The van der Waals surface area contributed by atoms with Crippen molar-refractivity contribution in [3.8, 4) is 5.75 Å². The third kappa shape index (κ3) is 5.05. The number of carbonyl (C=O) groups is 1. The minimum absolute atomic E-state index is 0.0227. The van der Waals surface area contributed by atoms with E-state index >= 15 is 0 Å². The molecule has 1 aromatic heterocycles. The van der Waals surface area contributed by atoms with Crippen LogP contribution in [0.4, 0.5) is 0 Å². The lowest BCUT2D eigenvalue weighted by atomic mass is 9.92. The van der Waals surface area contributed by atoms with Crippen LogP contribution < -0.4 is 10.3 Å². The normalized spacial score (nSPS) is 15.4. The Kier molecular flexibility index (Phi) is 6.10. The van der Waals surface area contributed by atoms with Gasteiger partial charge in [0.25, 0.3) is 11.5 Å². The predicted molar refractivity (Wildman–Crippen MR) is 113 cm³/mol. The van der Waals surface area contributed by atoms with E-state index in [2.05, 4.69) is 25.9 Å². The van der Waals surface area contributed by atoms with Crippen molar-refractivity contribution in [3.63, 3.8) is 0 Å². The Labute approximate surface area is 172 Å². The monoisotopic (exact) mass is 397 g/mol. The topological polar surface area (TPSA) is 64.4 Å². The average molecular weight is 398 g/mol. The highest BCUT2D eigenvalue weighted by Crippen LogP contribution is 2.23. The summed E-state index contributed by atoms with van der Waals surface area (Å²) in [5.41, 5.74) is 3.05. The molecule has 6 heteroatoms. The van der Waals surface area contributed by atoms with Gasteiger partial charge in [0.2, 0.25) is 0 Å². The molecular formula is C23H31N3O3. The molecule has 1 aromatic carbocycles. The van der Waals surface area contributed by atoms with Crippen LogP contribution in [0, 0.1) is 13.8 Å². The maximum atomic E-state index is 12.5. The molecule has 29 heavy (non-hydrogen) atoms.